The molecule has 0 saturated heterocycles. The number of fused-ring (bicyclic) bond motifs is 2. The van der Waals surface area contributed by atoms with Crippen LogP contribution in [0.4, 0.5) is 0 Å². The van der Waals surface area contributed by atoms with Crippen LogP contribution in [-0.2, 0) is 0 Å². The smallest absolute Gasteiger partial charge is 0.123 e. The van der Waals surface area contributed by atoms with Crippen LogP contribution in [0.3, 0.4) is 0 Å². The molecule has 5 aromatic rings. The van der Waals surface area contributed by atoms with Crippen LogP contribution in [0.2, 0.25) is 0 Å². The Morgan fingerprint density at radius 3 is 1.70 bits per heavy atom. The van der Waals surface area contributed by atoms with Crippen LogP contribution in [0.1, 0.15) is 0 Å². The monoisotopic (exact) mass is 346 g/mol. The first-order chi connectivity index (χ1) is 13.3. The summed E-state index contributed by atoms with van der Waals surface area (Å²) in [5.41, 5.74) is 4.73. The number of rotatable bonds is 2. The summed E-state index contributed by atoms with van der Waals surface area (Å²) < 4.78 is 0. The van der Waals surface area contributed by atoms with Crippen molar-refractivity contribution in [2.45, 2.75) is 0 Å². The highest BCUT2D eigenvalue weighted by atomic mass is 16.3. The van der Waals surface area contributed by atoms with E-state index in [1.54, 1.807) is 6.07 Å². The molecule has 0 fully saturated rings. The minimum absolute atomic E-state index is 0.321. The van der Waals surface area contributed by atoms with Gasteiger partial charge in [-0.3, -0.25) is 0 Å². The summed E-state index contributed by atoms with van der Waals surface area (Å²) in [6.45, 7) is 0. The molecule has 0 aliphatic carbocycles. The number of hydrogen-bond donors (Lipinski definition) is 1. The van der Waals surface area contributed by atoms with Crippen molar-refractivity contribution >= 4 is 21.5 Å². The number of benzene rings is 5. The molecule has 0 saturated carbocycles. The van der Waals surface area contributed by atoms with E-state index in [2.05, 4.69) is 72.8 Å². The Hall–Kier alpha value is -3.58. The van der Waals surface area contributed by atoms with E-state index in [0.717, 1.165) is 21.9 Å². The van der Waals surface area contributed by atoms with Gasteiger partial charge >= 0.3 is 0 Å². The van der Waals surface area contributed by atoms with Gasteiger partial charge in [-0.15, -0.1) is 0 Å². The van der Waals surface area contributed by atoms with Gasteiger partial charge in [0.05, 0.1) is 0 Å². The molecule has 0 aliphatic heterocycles. The predicted octanol–water partition coefficient (Wildman–Crippen LogP) is 7.03. The van der Waals surface area contributed by atoms with Crippen LogP contribution in [0.25, 0.3) is 43.8 Å². The van der Waals surface area contributed by atoms with Gasteiger partial charge in [-0.25, -0.2) is 0 Å². The van der Waals surface area contributed by atoms with Crippen LogP contribution < -0.4 is 0 Å². The van der Waals surface area contributed by atoms with E-state index >= 15 is 0 Å². The van der Waals surface area contributed by atoms with E-state index in [0.29, 0.717) is 5.75 Å². The van der Waals surface area contributed by atoms with Gasteiger partial charge in [0.2, 0.25) is 0 Å². The summed E-state index contributed by atoms with van der Waals surface area (Å²) in [6.07, 6.45) is 0. The number of hydrogen-bond acceptors (Lipinski definition) is 1. The first kappa shape index (κ1) is 15.7. The van der Waals surface area contributed by atoms with Gasteiger partial charge in [-0.05, 0) is 44.5 Å². The van der Waals surface area contributed by atoms with Crippen LogP contribution in [0.5, 0.6) is 5.75 Å². The van der Waals surface area contributed by atoms with Gasteiger partial charge in [-0.1, -0.05) is 97.1 Å². The normalized spacial score (nSPS) is 11.1. The standard InChI is InChI=1S/C26H18O/c27-26-17-16-23(24-9-3-4-10-25(24)26)20-14-12-19(13-15-20)22-11-5-7-18-6-1-2-8-21(18)22/h1-17,27H. The molecule has 0 spiro atoms. The Balaban J connectivity index is 1.63. The minimum Gasteiger partial charge on any atom is -0.507 e. The second kappa shape index (κ2) is 6.30. The molecule has 1 N–H and O–H groups in total. The van der Waals surface area contributed by atoms with Crippen molar-refractivity contribution in [2.24, 2.45) is 0 Å². The SMILES string of the molecule is Oc1ccc(-c2ccc(-c3cccc4ccccc34)cc2)c2ccccc12. The first-order valence-corrected chi connectivity index (χ1v) is 9.10. The van der Waals surface area contributed by atoms with Crippen molar-refractivity contribution in [2.75, 3.05) is 0 Å². The summed E-state index contributed by atoms with van der Waals surface area (Å²) in [7, 11) is 0. The quantitative estimate of drug-likeness (QED) is 0.364. The van der Waals surface area contributed by atoms with Gasteiger partial charge < -0.3 is 5.11 Å². The highest BCUT2D eigenvalue weighted by Crippen LogP contribution is 2.35. The first-order valence-electron chi connectivity index (χ1n) is 9.10. The van der Waals surface area contributed by atoms with Gasteiger partial charge in [0.1, 0.15) is 5.75 Å². The summed E-state index contributed by atoms with van der Waals surface area (Å²) >= 11 is 0. The summed E-state index contributed by atoms with van der Waals surface area (Å²) in [4.78, 5) is 0. The fourth-order valence-electron chi connectivity index (χ4n) is 3.84. The lowest BCUT2D eigenvalue weighted by atomic mass is 9.94. The van der Waals surface area contributed by atoms with Gasteiger partial charge in [0, 0.05) is 5.39 Å². The maximum Gasteiger partial charge on any atom is 0.123 e. The van der Waals surface area contributed by atoms with Gasteiger partial charge in [0.15, 0.2) is 0 Å². The van der Waals surface area contributed by atoms with Gasteiger partial charge in [-0.2, -0.15) is 0 Å². The third-order valence-corrected chi connectivity index (χ3v) is 5.20. The van der Waals surface area contributed by atoms with Crippen molar-refractivity contribution in [1.82, 2.24) is 0 Å². The van der Waals surface area contributed by atoms with Crippen molar-refractivity contribution in [3.05, 3.63) is 103 Å². The Bertz CT molecular complexity index is 1260. The van der Waals surface area contributed by atoms with Crippen LogP contribution >= 0.6 is 0 Å². The lowest BCUT2D eigenvalue weighted by Crippen LogP contribution is -1.84. The molecule has 27 heavy (non-hydrogen) atoms. The summed E-state index contributed by atoms with van der Waals surface area (Å²) in [5, 5.41) is 14.6. The molecule has 0 aliphatic rings. The van der Waals surface area contributed by atoms with E-state index in [-0.39, 0.29) is 0 Å². The molecule has 5 rings (SSSR count). The van der Waals surface area contributed by atoms with Crippen LogP contribution in [0, 0.1) is 0 Å². The Morgan fingerprint density at radius 2 is 0.963 bits per heavy atom. The zero-order valence-corrected chi connectivity index (χ0v) is 14.8. The molecule has 1 heteroatoms. The van der Waals surface area contributed by atoms with E-state index in [1.807, 2.05) is 24.3 Å². The lowest BCUT2D eigenvalue weighted by molar-refractivity contribution is 0.481. The average molecular weight is 346 g/mol. The fraction of sp³-hybridized carbons (Fsp3) is 0. The predicted molar refractivity (Wildman–Crippen MR) is 114 cm³/mol. The second-order valence-electron chi connectivity index (χ2n) is 6.78. The highest BCUT2D eigenvalue weighted by Gasteiger charge is 2.08. The number of aromatic hydroxyl groups is 1. The maximum atomic E-state index is 10.1. The molecule has 0 heterocycles. The largest absolute Gasteiger partial charge is 0.507 e. The third-order valence-electron chi connectivity index (χ3n) is 5.20. The molecule has 0 atom stereocenters. The molecule has 0 aromatic heterocycles. The third kappa shape index (κ3) is 2.65. The van der Waals surface area contributed by atoms with Crippen molar-refractivity contribution < 1.29 is 5.11 Å². The molecule has 0 radical (unpaired) electrons. The van der Waals surface area contributed by atoms with Crippen molar-refractivity contribution in [3.8, 4) is 28.0 Å². The molecule has 128 valence electrons. The minimum atomic E-state index is 0.321. The molecule has 0 unspecified atom stereocenters. The molecular formula is C26H18O. The van der Waals surface area contributed by atoms with Crippen LogP contribution in [-0.4, -0.2) is 5.11 Å². The Kier molecular flexibility index (Phi) is 3.65. The maximum absolute atomic E-state index is 10.1. The lowest BCUT2D eigenvalue weighted by Gasteiger charge is -2.11. The zero-order chi connectivity index (χ0) is 18.2. The molecule has 1 nitrogen and oxygen atoms in total. The molecule has 0 bridgehead atoms. The number of phenols is 1. The topological polar surface area (TPSA) is 20.2 Å². The Morgan fingerprint density at radius 1 is 0.407 bits per heavy atom. The van der Waals surface area contributed by atoms with E-state index in [4.69, 9.17) is 0 Å². The van der Waals surface area contributed by atoms with E-state index < -0.39 is 0 Å². The zero-order valence-electron chi connectivity index (χ0n) is 14.8. The van der Waals surface area contributed by atoms with Crippen molar-refractivity contribution in [1.29, 1.82) is 0 Å². The van der Waals surface area contributed by atoms with Gasteiger partial charge in [0.25, 0.3) is 0 Å². The highest BCUT2D eigenvalue weighted by molar-refractivity contribution is 6.01. The summed E-state index contributed by atoms with van der Waals surface area (Å²) in [6, 6.07) is 35.3. The average Bonchev–Trinajstić information content (AvgIpc) is 2.74. The molecule has 0 amide bonds. The Labute approximate surface area is 158 Å². The van der Waals surface area contributed by atoms with Crippen LogP contribution in [0.15, 0.2) is 103 Å². The molecule has 5 aromatic carbocycles. The van der Waals surface area contributed by atoms with Crippen molar-refractivity contribution in [3.63, 3.8) is 0 Å². The van der Waals surface area contributed by atoms with E-state index in [1.165, 1.54) is 21.9 Å². The van der Waals surface area contributed by atoms with E-state index in [9.17, 15) is 5.11 Å². The summed E-state index contributed by atoms with van der Waals surface area (Å²) in [5.74, 6) is 0.321. The second-order valence-corrected chi connectivity index (χ2v) is 6.78. The number of phenolic OH excluding ortho intramolecular Hbond substituents is 1. The fourth-order valence-corrected chi connectivity index (χ4v) is 3.84. The molecular weight excluding hydrogens is 328 g/mol.